The van der Waals surface area contributed by atoms with Gasteiger partial charge in [-0.25, -0.2) is 8.42 Å². The minimum absolute atomic E-state index is 0.227. The van der Waals surface area contributed by atoms with E-state index in [4.69, 9.17) is 4.74 Å². The van der Waals surface area contributed by atoms with Crippen molar-refractivity contribution < 1.29 is 17.9 Å². The average molecular weight is 317 g/mol. The van der Waals surface area contributed by atoms with E-state index in [9.17, 15) is 13.2 Å². The van der Waals surface area contributed by atoms with Crippen LogP contribution >= 0.6 is 11.3 Å². The molecule has 0 aromatic carbocycles. The Balaban J connectivity index is 2.30. The number of rotatable bonds is 4. The molecule has 0 aliphatic heterocycles. The van der Waals surface area contributed by atoms with E-state index in [1.165, 1.54) is 13.2 Å². The monoisotopic (exact) mass is 317 g/mol. The van der Waals surface area contributed by atoms with E-state index >= 15 is 0 Å². The first kappa shape index (κ1) is 15.5. The molecule has 0 radical (unpaired) electrons. The van der Waals surface area contributed by atoms with E-state index in [0.717, 1.165) is 37.0 Å². The largest absolute Gasteiger partial charge is 0.468 e. The predicted molar refractivity (Wildman–Crippen MR) is 77.1 cm³/mol. The lowest BCUT2D eigenvalue weighted by atomic mass is 9.92. The molecule has 112 valence electrons. The van der Waals surface area contributed by atoms with Crippen LogP contribution in [0.5, 0.6) is 0 Å². The van der Waals surface area contributed by atoms with Gasteiger partial charge in [-0.05, 0) is 24.3 Å². The van der Waals surface area contributed by atoms with Gasteiger partial charge in [0.05, 0.1) is 7.11 Å². The van der Waals surface area contributed by atoms with Crippen molar-refractivity contribution >= 4 is 27.3 Å². The standard InChI is InChI=1S/C13H19NO4S2/c1-18-12(15)13(8-4-2-3-5-9-13)14-20(16,17)11-7-6-10-19-11/h6-7,10,14H,2-5,8-9H2,1H3. The van der Waals surface area contributed by atoms with E-state index in [1.54, 1.807) is 11.4 Å². The molecule has 0 spiro atoms. The third kappa shape index (κ3) is 3.21. The number of esters is 1. The lowest BCUT2D eigenvalue weighted by molar-refractivity contribution is -0.148. The molecule has 0 bridgehead atoms. The first-order valence-electron chi connectivity index (χ1n) is 6.66. The topological polar surface area (TPSA) is 72.5 Å². The molecule has 1 fully saturated rings. The van der Waals surface area contributed by atoms with Crippen molar-refractivity contribution in [3.63, 3.8) is 0 Å². The molecule has 1 aliphatic rings. The fraction of sp³-hybridized carbons (Fsp3) is 0.615. The normalized spacial score (nSPS) is 19.2. The zero-order chi connectivity index (χ0) is 14.6. The smallest absolute Gasteiger partial charge is 0.327 e. The summed E-state index contributed by atoms with van der Waals surface area (Å²) >= 11 is 1.14. The Morgan fingerprint density at radius 3 is 2.45 bits per heavy atom. The van der Waals surface area contributed by atoms with Gasteiger partial charge in [0, 0.05) is 0 Å². The van der Waals surface area contributed by atoms with Gasteiger partial charge in [0.25, 0.3) is 10.0 Å². The number of ether oxygens (including phenoxy) is 1. The van der Waals surface area contributed by atoms with Crippen LogP contribution in [0.4, 0.5) is 0 Å². The third-order valence-corrected chi connectivity index (χ3v) is 6.56. The summed E-state index contributed by atoms with van der Waals surface area (Å²) in [5.41, 5.74) is -1.12. The third-order valence-electron chi connectivity index (χ3n) is 3.62. The average Bonchev–Trinajstić information content (AvgIpc) is 2.87. The molecule has 5 nitrogen and oxygen atoms in total. The van der Waals surface area contributed by atoms with Crippen LogP contribution in [-0.4, -0.2) is 27.0 Å². The van der Waals surface area contributed by atoms with Gasteiger partial charge in [0.15, 0.2) is 0 Å². The number of carbonyl (C=O) groups excluding carboxylic acids is 1. The van der Waals surface area contributed by atoms with Crippen LogP contribution in [0.1, 0.15) is 38.5 Å². The lowest BCUT2D eigenvalue weighted by Gasteiger charge is -2.30. The summed E-state index contributed by atoms with van der Waals surface area (Å²) in [5, 5.41) is 1.70. The number of methoxy groups -OCH3 is 1. The van der Waals surface area contributed by atoms with Gasteiger partial charge in [-0.2, -0.15) is 4.72 Å². The Morgan fingerprint density at radius 1 is 1.30 bits per heavy atom. The molecular formula is C13H19NO4S2. The number of carbonyl (C=O) groups is 1. The lowest BCUT2D eigenvalue weighted by Crippen LogP contribution is -2.54. The van der Waals surface area contributed by atoms with Crippen molar-refractivity contribution in [2.75, 3.05) is 7.11 Å². The van der Waals surface area contributed by atoms with Crippen molar-refractivity contribution in [1.29, 1.82) is 0 Å². The van der Waals surface area contributed by atoms with Crippen molar-refractivity contribution in [2.45, 2.75) is 48.3 Å². The van der Waals surface area contributed by atoms with Crippen LogP contribution < -0.4 is 4.72 Å². The Bertz CT molecular complexity index is 543. The Morgan fingerprint density at radius 2 is 1.95 bits per heavy atom. The van der Waals surface area contributed by atoms with Crippen LogP contribution in [0.3, 0.4) is 0 Å². The molecule has 20 heavy (non-hydrogen) atoms. The fourth-order valence-electron chi connectivity index (χ4n) is 2.60. The van der Waals surface area contributed by atoms with Gasteiger partial charge < -0.3 is 4.74 Å². The molecule has 1 aromatic heterocycles. The second-order valence-electron chi connectivity index (χ2n) is 5.03. The summed E-state index contributed by atoms with van der Waals surface area (Å²) in [6.07, 6.45) is 4.65. The highest BCUT2D eigenvalue weighted by Gasteiger charge is 2.43. The van der Waals surface area contributed by atoms with Crippen molar-refractivity contribution in [1.82, 2.24) is 4.72 Å². The van der Waals surface area contributed by atoms with Crippen LogP contribution in [0, 0.1) is 0 Å². The van der Waals surface area contributed by atoms with Crippen molar-refractivity contribution in [2.24, 2.45) is 0 Å². The summed E-state index contributed by atoms with van der Waals surface area (Å²) in [7, 11) is -2.38. The summed E-state index contributed by atoms with van der Waals surface area (Å²) in [5.74, 6) is -0.487. The van der Waals surface area contributed by atoms with Gasteiger partial charge >= 0.3 is 5.97 Å². The quantitative estimate of drug-likeness (QED) is 0.683. The molecule has 0 amide bonds. The molecule has 1 aliphatic carbocycles. The first-order valence-corrected chi connectivity index (χ1v) is 9.02. The zero-order valence-corrected chi connectivity index (χ0v) is 13.1. The summed E-state index contributed by atoms with van der Waals surface area (Å²) in [6.45, 7) is 0. The molecule has 1 heterocycles. The highest BCUT2D eigenvalue weighted by atomic mass is 32.2. The zero-order valence-electron chi connectivity index (χ0n) is 11.4. The van der Waals surface area contributed by atoms with E-state index in [1.807, 2.05) is 0 Å². The van der Waals surface area contributed by atoms with Gasteiger partial charge in [0.2, 0.25) is 0 Å². The molecular weight excluding hydrogens is 298 g/mol. The van der Waals surface area contributed by atoms with Crippen molar-refractivity contribution in [3.8, 4) is 0 Å². The maximum absolute atomic E-state index is 12.4. The maximum atomic E-state index is 12.4. The number of hydrogen-bond donors (Lipinski definition) is 1. The van der Waals surface area contributed by atoms with E-state index < -0.39 is 21.5 Å². The summed E-state index contributed by atoms with van der Waals surface area (Å²) < 4.78 is 32.5. The minimum atomic E-state index is -3.68. The van der Waals surface area contributed by atoms with Crippen LogP contribution in [0.2, 0.25) is 0 Å². The summed E-state index contributed by atoms with van der Waals surface area (Å²) in [6, 6.07) is 3.21. The number of thiophene rings is 1. The molecule has 1 N–H and O–H groups in total. The predicted octanol–water partition coefficient (Wildman–Crippen LogP) is 2.29. The van der Waals surface area contributed by atoms with Gasteiger partial charge in [-0.1, -0.05) is 31.7 Å². The van der Waals surface area contributed by atoms with E-state index in [2.05, 4.69) is 4.72 Å². The Kier molecular flexibility index (Phi) is 4.82. The second kappa shape index (κ2) is 6.24. The van der Waals surface area contributed by atoms with Crippen LogP contribution in [0.25, 0.3) is 0 Å². The highest BCUT2D eigenvalue weighted by molar-refractivity contribution is 7.91. The minimum Gasteiger partial charge on any atom is -0.468 e. The van der Waals surface area contributed by atoms with Gasteiger partial charge in [0.1, 0.15) is 9.75 Å². The van der Waals surface area contributed by atoms with E-state index in [-0.39, 0.29) is 4.21 Å². The second-order valence-corrected chi connectivity index (χ2v) is 7.88. The first-order chi connectivity index (χ1) is 9.50. The molecule has 0 atom stereocenters. The highest BCUT2D eigenvalue weighted by Crippen LogP contribution is 2.30. The van der Waals surface area contributed by atoms with Crippen LogP contribution in [-0.2, 0) is 19.6 Å². The molecule has 0 saturated heterocycles. The van der Waals surface area contributed by atoms with E-state index in [0.29, 0.717) is 12.8 Å². The number of hydrogen-bond acceptors (Lipinski definition) is 5. The number of sulfonamides is 1. The Labute approximate surface area is 123 Å². The van der Waals surface area contributed by atoms with Gasteiger partial charge in [-0.15, -0.1) is 11.3 Å². The Hall–Kier alpha value is -0.920. The molecule has 2 rings (SSSR count). The number of nitrogens with one attached hydrogen (secondary N) is 1. The maximum Gasteiger partial charge on any atom is 0.327 e. The SMILES string of the molecule is COC(=O)C1(NS(=O)(=O)c2cccs2)CCCCCC1. The van der Waals surface area contributed by atoms with Crippen molar-refractivity contribution in [3.05, 3.63) is 17.5 Å². The molecule has 1 aromatic rings. The fourth-order valence-corrected chi connectivity index (χ4v) is 5.01. The molecule has 0 unspecified atom stereocenters. The van der Waals surface area contributed by atoms with Gasteiger partial charge in [-0.3, -0.25) is 4.79 Å². The van der Waals surface area contributed by atoms with Crippen LogP contribution in [0.15, 0.2) is 21.7 Å². The summed E-state index contributed by atoms with van der Waals surface area (Å²) in [4.78, 5) is 12.1. The molecule has 1 saturated carbocycles. The molecule has 7 heteroatoms.